The number of nitrogens with zero attached hydrogens (tertiary/aromatic N) is 3. The Balaban J connectivity index is 2.07. The summed E-state index contributed by atoms with van der Waals surface area (Å²) in [6.45, 7) is 0.725. The monoisotopic (exact) mass is 486 g/mol. The molecule has 0 aliphatic carbocycles. The van der Waals surface area contributed by atoms with Gasteiger partial charge in [-0.15, -0.1) is 5.10 Å². The molecule has 0 saturated heterocycles. The number of hydrogen-bond acceptors (Lipinski definition) is 4. The third kappa shape index (κ3) is 4.98. The Morgan fingerprint density at radius 1 is 1.26 bits per heavy atom. The molecule has 1 unspecified atom stereocenters. The molecule has 3 rings (SSSR count). The first-order chi connectivity index (χ1) is 14.3. The maximum atomic E-state index is 13.4. The molecule has 2 heterocycles. The van der Waals surface area contributed by atoms with Crippen LogP contribution < -0.4 is 5.32 Å². The summed E-state index contributed by atoms with van der Waals surface area (Å²) in [5.74, 6) is -1.83. The van der Waals surface area contributed by atoms with Crippen LogP contribution in [-0.2, 0) is 11.0 Å². The van der Waals surface area contributed by atoms with Crippen molar-refractivity contribution in [2.75, 3.05) is 0 Å². The quantitative estimate of drug-likeness (QED) is 0.399. The lowest BCUT2D eigenvalue weighted by atomic mass is 10.1. The van der Waals surface area contributed by atoms with Gasteiger partial charge in [-0.25, -0.2) is 13.9 Å². The highest BCUT2D eigenvalue weighted by atomic mass is 35.5. The Morgan fingerprint density at radius 3 is 2.52 bits per heavy atom. The first-order valence-corrected chi connectivity index (χ1v) is 9.44. The topological polar surface area (TPSA) is 59.3 Å². The summed E-state index contributed by atoms with van der Waals surface area (Å²) in [5, 5.41) is 3.76. The molecular formula is C17H10ClF7N4OS. The third-order valence-electron chi connectivity index (χ3n) is 3.91. The van der Waals surface area contributed by atoms with Crippen molar-refractivity contribution in [1.82, 2.24) is 19.9 Å². The van der Waals surface area contributed by atoms with Crippen molar-refractivity contribution in [2.45, 2.75) is 25.3 Å². The average molecular weight is 487 g/mol. The summed E-state index contributed by atoms with van der Waals surface area (Å²) in [6.07, 6.45) is -7.80. The van der Waals surface area contributed by atoms with E-state index >= 15 is 0 Å². The van der Waals surface area contributed by atoms with Crippen LogP contribution in [0.5, 0.6) is 0 Å². The van der Waals surface area contributed by atoms with Crippen molar-refractivity contribution >= 4 is 39.9 Å². The zero-order valence-electron chi connectivity index (χ0n) is 15.1. The zero-order chi connectivity index (χ0) is 23.1. The van der Waals surface area contributed by atoms with Crippen molar-refractivity contribution in [2.24, 2.45) is 0 Å². The van der Waals surface area contributed by atoms with Crippen molar-refractivity contribution in [3.63, 3.8) is 0 Å². The molecule has 14 heteroatoms. The van der Waals surface area contributed by atoms with Crippen LogP contribution in [0.3, 0.4) is 0 Å². The molecule has 5 nitrogen and oxygen atoms in total. The zero-order valence-corrected chi connectivity index (χ0v) is 16.7. The molecule has 1 amide bonds. The molecule has 3 aromatic rings. The van der Waals surface area contributed by atoms with E-state index in [9.17, 15) is 35.5 Å². The van der Waals surface area contributed by atoms with E-state index in [1.54, 1.807) is 5.32 Å². The fourth-order valence-corrected chi connectivity index (χ4v) is 3.44. The minimum absolute atomic E-state index is 0.0367. The Kier molecular flexibility index (Phi) is 6.02. The molecule has 0 bridgehead atoms. The first kappa shape index (κ1) is 23.0. The highest BCUT2D eigenvalue weighted by Gasteiger charge is 2.37. The van der Waals surface area contributed by atoms with Gasteiger partial charge in [0.2, 0.25) is 15.9 Å². The summed E-state index contributed by atoms with van der Waals surface area (Å²) in [5.41, 5.74) is -0.0755. The van der Waals surface area contributed by atoms with Crippen LogP contribution in [0.4, 0.5) is 30.7 Å². The van der Waals surface area contributed by atoms with Crippen molar-refractivity contribution in [3.8, 4) is 11.3 Å². The number of fused-ring (bicyclic) bond motifs is 1. The highest BCUT2D eigenvalue weighted by Crippen LogP contribution is 2.37. The Hall–Kier alpha value is -2.67. The van der Waals surface area contributed by atoms with Crippen LogP contribution in [0.25, 0.3) is 22.3 Å². The second kappa shape index (κ2) is 8.11. The van der Waals surface area contributed by atoms with Crippen molar-refractivity contribution in [1.29, 1.82) is 0 Å². The molecular weight excluding hydrogens is 477 g/mol. The highest BCUT2D eigenvalue weighted by molar-refractivity contribution is 7.16. The number of hydrogen-bond donors (Lipinski definition) is 1. The van der Waals surface area contributed by atoms with Gasteiger partial charge in [0.25, 0.3) is 0 Å². The molecule has 0 aliphatic rings. The lowest BCUT2D eigenvalue weighted by Crippen LogP contribution is -2.42. The number of alkyl halides is 6. The number of carbonyl (C=O) groups is 1. The van der Waals surface area contributed by atoms with E-state index in [2.05, 4.69) is 10.1 Å². The lowest BCUT2D eigenvalue weighted by Gasteiger charge is -2.15. The molecule has 0 fully saturated rings. The smallest absolute Gasteiger partial charge is 0.341 e. The van der Waals surface area contributed by atoms with Gasteiger partial charge in [0.1, 0.15) is 17.6 Å². The van der Waals surface area contributed by atoms with E-state index < -0.39 is 35.1 Å². The first-order valence-electron chi connectivity index (χ1n) is 8.25. The van der Waals surface area contributed by atoms with Gasteiger partial charge in [-0.05, 0) is 31.2 Å². The van der Waals surface area contributed by atoms with Gasteiger partial charge < -0.3 is 5.32 Å². The lowest BCUT2D eigenvalue weighted by molar-refractivity contribution is -0.156. The fraction of sp³-hybridized carbons (Fsp3) is 0.235. The van der Waals surface area contributed by atoms with Gasteiger partial charge in [-0.2, -0.15) is 26.3 Å². The molecule has 2 aromatic heterocycles. The molecule has 0 spiro atoms. The van der Waals surface area contributed by atoms with Gasteiger partial charge in [0, 0.05) is 11.6 Å². The number of carbonyl (C=O) groups excluding carboxylic acids is 1. The number of imidazole rings is 1. The van der Waals surface area contributed by atoms with Crippen LogP contribution in [0, 0.1) is 5.82 Å². The molecule has 31 heavy (non-hydrogen) atoms. The minimum Gasteiger partial charge on any atom is -0.341 e. The van der Waals surface area contributed by atoms with Crippen molar-refractivity contribution in [3.05, 3.63) is 45.8 Å². The maximum absolute atomic E-state index is 13.4. The summed E-state index contributed by atoms with van der Waals surface area (Å²) in [7, 11) is 0. The molecule has 1 atom stereocenters. The van der Waals surface area contributed by atoms with E-state index in [1.807, 2.05) is 0 Å². The second-order valence-electron chi connectivity index (χ2n) is 6.17. The predicted octanol–water partition coefficient (Wildman–Crippen LogP) is 5.35. The van der Waals surface area contributed by atoms with E-state index in [-0.39, 0.29) is 38.3 Å². The van der Waals surface area contributed by atoms with Crippen LogP contribution in [0.2, 0.25) is 5.02 Å². The van der Waals surface area contributed by atoms with Crippen LogP contribution in [-0.4, -0.2) is 32.7 Å². The Labute approximate surface area is 178 Å². The van der Waals surface area contributed by atoms with Crippen LogP contribution >= 0.6 is 22.9 Å². The number of nitrogens with one attached hydrogen (secondary N) is 1. The average Bonchev–Trinajstić information content (AvgIpc) is 3.17. The third-order valence-corrected chi connectivity index (χ3v) is 5.18. The number of aromatic nitrogens is 3. The normalized spacial score (nSPS) is 13.8. The summed E-state index contributed by atoms with van der Waals surface area (Å²) >= 11 is 6.21. The standard InChI is InChI=1S/C17H10ClF7N4OS/c1-7(16(20,21)22)26-12(30)5-4-11-13(9-3-2-8(19)6-10(9)18)27-15-29(11)28-14(31-15)17(23,24)25/h2-7H,1H3,(H,26,30). The van der Waals surface area contributed by atoms with Gasteiger partial charge in [0.15, 0.2) is 0 Å². The van der Waals surface area contributed by atoms with E-state index in [0.717, 1.165) is 29.6 Å². The number of amides is 1. The molecule has 0 radical (unpaired) electrons. The van der Waals surface area contributed by atoms with Crippen LogP contribution in [0.1, 0.15) is 17.6 Å². The largest absolute Gasteiger partial charge is 0.445 e. The van der Waals surface area contributed by atoms with Gasteiger partial charge in [0.05, 0.1) is 10.7 Å². The summed E-state index contributed by atoms with van der Waals surface area (Å²) < 4.78 is 90.9. The number of rotatable bonds is 4. The fourth-order valence-electron chi connectivity index (χ4n) is 2.41. The van der Waals surface area contributed by atoms with Gasteiger partial charge >= 0.3 is 12.4 Å². The van der Waals surface area contributed by atoms with E-state index in [0.29, 0.717) is 6.08 Å². The second-order valence-corrected chi connectivity index (χ2v) is 7.54. The van der Waals surface area contributed by atoms with Gasteiger partial charge in [-0.3, -0.25) is 4.79 Å². The maximum Gasteiger partial charge on any atom is 0.445 e. The number of benzene rings is 1. The number of halogens is 8. The van der Waals surface area contributed by atoms with Crippen LogP contribution in [0.15, 0.2) is 24.3 Å². The minimum atomic E-state index is -4.76. The summed E-state index contributed by atoms with van der Waals surface area (Å²) in [4.78, 5) is 15.7. The molecule has 1 aromatic carbocycles. The Bertz CT molecular complexity index is 1170. The molecule has 0 saturated carbocycles. The van der Waals surface area contributed by atoms with E-state index in [1.165, 1.54) is 6.07 Å². The Morgan fingerprint density at radius 2 is 1.94 bits per heavy atom. The summed E-state index contributed by atoms with van der Waals surface area (Å²) in [6, 6.07) is 1.05. The molecule has 166 valence electrons. The SMILES string of the molecule is CC(NC(=O)C=Cc1c(-c2ccc(F)cc2Cl)nc2sc(C(F)(F)F)nn12)C(F)(F)F. The molecule has 0 aliphatic heterocycles. The molecule has 1 N–H and O–H groups in total. The van der Waals surface area contributed by atoms with Crippen molar-refractivity contribution < 1.29 is 35.5 Å². The predicted molar refractivity (Wildman–Crippen MR) is 99.0 cm³/mol. The van der Waals surface area contributed by atoms with E-state index in [4.69, 9.17) is 11.6 Å². The van der Waals surface area contributed by atoms with Gasteiger partial charge in [-0.1, -0.05) is 22.9 Å².